The van der Waals surface area contributed by atoms with Crippen molar-refractivity contribution in [2.45, 2.75) is 33.7 Å². The minimum Gasteiger partial charge on any atom is -0.316 e. The molecule has 0 unspecified atom stereocenters. The van der Waals surface area contributed by atoms with Crippen molar-refractivity contribution in [3.8, 4) is 0 Å². The van der Waals surface area contributed by atoms with Crippen molar-refractivity contribution in [2.75, 3.05) is 0 Å². The maximum atomic E-state index is 12.7. The minimum absolute atomic E-state index is 0.195. The standard InChI is InChI=1S/C19H18N4O5S/c1-4-5-21-16-7-11(2)6-12(3)17(16)29-19(21)20-18(24)13-8-14(22(25)26)10-15(9-13)23(27)28/h6-10H,4-5H2,1-3H3. The Morgan fingerprint density at radius 1 is 1.07 bits per heavy atom. The molecule has 3 aromatic rings. The van der Waals surface area contributed by atoms with E-state index >= 15 is 0 Å². The van der Waals surface area contributed by atoms with Crippen molar-refractivity contribution in [3.05, 3.63) is 72.1 Å². The number of rotatable bonds is 5. The molecule has 150 valence electrons. The zero-order chi connectivity index (χ0) is 21.3. The molecule has 0 spiro atoms. The van der Waals surface area contributed by atoms with Gasteiger partial charge in [-0.3, -0.25) is 25.0 Å². The highest BCUT2D eigenvalue weighted by Crippen LogP contribution is 2.25. The molecule has 0 aliphatic heterocycles. The summed E-state index contributed by atoms with van der Waals surface area (Å²) in [6.45, 7) is 6.63. The topological polar surface area (TPSA) is 121 Å². The SMILES string of the molecule is CCCn1c(=NC(=O)c2cc([N+](=O)[O-])cc([N+](=O)[O-])c2)sc2c(C)cc(C)cc21. The Hall–Kier alpha value is -3.40. The predicted molar refractivity (Wildman–Crippen MR) is 109 cm³/mol. The van der Waals surface area contributed by atoms with Crippen LogP contribution in [0.4, 0.5) is 11.4 Å². The van der Waals surface area contributed by atoms with Gasteiger partial charge in [-0.05, 0) is 37.5 Å². The van der Waals surface area contributed by atoms with Crippen LogP contribution in [-0.4, -0.2) is 20.3 Å². The Morgan fingerprint density at radius 3 is 2.24 bits per heavy atom. The Kier molecular flexibility index (Phi) is 5.55. The summed E-state index contributed by atoms with van der Waals surface area (Å²) in [6, 6.07) is 6.90. The summed E-state index contributed by atoms with van der Waals surface area (Å²) in [5.74, 6) is -0.761. The molecule has 0 N–H and O–H groups in total. The molecule has 1 aromatic heterocycles. The van der Waals surface area contributed by atoms with E-state index in [1.54, 1.807) is 0 Å². The summed E-state index contributed by atoms with van der Waals surface area (Å²) in [4.78, 5) is 37.9. The van der Waals surface area contributed by atoms with Gasteiger partial charge in [0.2, 0.25) is 0 Å². The molecule has 3 rings (SSSR count). The van der Waals surface area contributed by atoms with E-state index < -0.39 is 27.1 Å². The van der Waals surface area contributed by atoms with Gasteiger partial charge in [0.15, 0.2) is 4.80 Å². The largest absolute Gasteiger partial charge is 0.316 e. The second-order valence-electron chi connectivity index (χ2n) is 6.64. The van der Waals surface area contributed by atoms with E-state index in [0.29, 0.717) is 11.3 Å². The van der Waals surface area contributed by atoms with Crippen LogP contribution in [0.5, 0.6) is 0 Å². The Morgan fingerprint density at radius 2 is 1.69 bits per heavy atom. The Labute approximate surface area is 169 Å². The van der Waals surface area contributed by atoms with Crippen LogP contribution in [0.2, 0.25) is 0 Å². The number of aromatic nitrogens is 1. The number of hydrogen-bond acceptors (Lipinski definition) is 6. The van der Waals surface area contributed by atoms with E-state index in [9.17, 15) is 25.0 Å². The third-order valence-electron chi connectivity index (χ3n) is 4.33. The summed E-state index contributed by atoms with van der Waals surface area (Å²) in [7, 11) is 0. The number of aryl methyl sites for hydroxylation is 3. The third-order valence-corrected chi connectivity index (χ3v) is 5.56. The molecule has 0 atom stereocenters. The van der Waals surface area contributed by atoms with Crippen molar-refractivity contribution in [2.24, 2.45) is 4.99 Å². The molecule has 0 saturated heterocycles. The van der Waals surface area contributed by atoms with E-state index in [0.717, 1.165) is 46.0 Å². The van der Waals surface area contributed by atoms with E-state index in [2.05, 4.69) is 4.99 Å². The van der Waals surface area contributed by atoms with Crippen LogP contribution in [0, 0.1) is 34.1 Å². The molecule has 0 fully saturated rings. The number of nitro benzene ring substituents is 2. The fraction of sp³-hybridized carbons (Fsp3) is 0.263. The average molecular weight is 414 g/mol. The first-order valence-corrected chi connectivity index (χ1v) is 9.66. The second-order valence-corrected chi connectivity index (χ2v) is 7.61. The molecule has 0 aliphatic carbocycles. The van der Waals surface area contributed by atoms with E-state index in [1.807, 2.05) is 37.5 Å². The zero-order valence-corrected chi connectivity index (χ0v) is 16.9. The lowest BCUT2D eigenvalue weighted by atomic mass is 10.1. The van der Waals surface area contributed by atoms with Crippen molar-refractivity contribution < 1.29 is 14.6 Å². The molecular formula is C19H18N4O5S. The van der Waals surface area contributed by atoms with Crippen molar-refractivity contribution in [1.29, 1.82) is 0 Å². The smallest absolute Gasteiger partial charge is 0.280 e. The number of non-ortho nitro benzene ring substituents is 2. The summed E-state index contributed by atoms with van der Waals surface area (Å²) in [6.07, 6.45) is 0.822. The molecule has 29 heavy (non-hydrogen) atoms. The van der Waals surface area contributed by atoms with Crippen molar-refractivity contribution in [1.82, 2.24) is 4.57 Å². The fourth-order valence-corrected chi connectivity index (χ4v) is 4.22. The van der Waals surface area contributed by atoms with Gasteiger partial charge in [-0.25, -0.2) is 0 Å². The second kappa shape index (κ2) is 7.92. The van der Waals surface area contributed by atoms with Crippen LogP contribution in [0.15, 0.2) is 35.3 Å². The quantitative estimate of drug-likeness (QED) is 0.455. The highest BCUT2D eigenvalue weighted by molar-refractivity contribution is 7.16. The number of carbonyl (C=O) groups excluding carboxylic acids is 1. The monoisotopic (exact) mass is 414 g/mol. The molecule has 10 heteroatoms. The molecule has 0 bridgehead atoms. The van der Waals surface area contributed by atoms with Gasteiger partial charge in [-0.2, -0.15) is 4.99 Å². The molecule has 1 amide bonds. The van der Waals surface area contributed by atoms with Gasteiger partial charge in [0.1, 0.15) is 0 Å². The minimum atomic E-state index is -0.771. The maximum Gasteiger partial charge on any atom is 0.280 e. The van der Waals surface area contributed by atoms with Crippen LogP contribution in [0.1, 0.15) is 34.8 Å². The van der Waals surface area contributed by atoms with Gasteiger partial charge in [0.05, 0.1) is 31.7 Å². The van der Waals surface area contributed by atoms with Gasteiger partial charge in [-0.15, -0.1) is 0 Å². The first-order chi connectivity index (χ1) is 13.7. The molecule has 2 aromatic carbocycles. The van der Waals surface area contributed by atoms with Crippen LogP contribution < -0.4 is 4.80 Å². The van der Waals surface area contributed by atoms with E-state index in [4.69, 9.17) is 0 Å². The normalized spacial score (nSPS) is 11.8. The fourth-order valence-electron chi connectivity index (χ4n) is 3.12. The highest BCUT2D eigenvalue weighted by atomic mass is 32.1. The molecule has 0 saturated carbocycles. The van der Waals surface area contributed by atoms with Gasteiger partial charge >= 0.3 is 0 Å². The van der Waals surface area contributed by atoms with Gasteiger partial charge < -0.3 is 4.57 Å². The van der Waals surface area contributed by atoms with Gasteiger partial charge in [0, 0.05) is 18.7 Å². The van der Waals surface area contributed by atoms with E-state index in [-0.39, 0.29) is 5.56 Å². The lowest BCUT2D eigenvalue weighted by Crippen LogP contribution is -2.17. The Bertz CT molecular complexity index is 1190. The lowest BCUT2D eigenvalue weighted by Gasteiger charge is -2.04. The number of amides is 1. The predicted octanol–water partition coefficient (Wildman–Crippen LogP) is 4.29. The number of hydrogen-bond donors (Lipinski definition) is 0. The maximum absolute atomic E-state index is 12.7. The molecule has 0 aliphatic rings. The third kappa shape index (κ3) is 4.06. The number of carbonyl (C=O) groups is 1. The summed E-state index contributed by atoms with van der Waals surface area (Å²) in [5.41, 5.74) is 1.87. The van der Waals surface area contributed by atoms with Gasteiger partial charge in [-0.1, -0.05) is 24.3 Å². The molecular weight excluding hydrogens is 396 g/mol. The molecule has 1 heterocycles. The number of benzene rings is 2. The van der Waals surface area contributed by atoms with Crippen molar-refractivity contribution in [3.63, 3.8) is 0 Å². The lowest BCUT2D eigenvalue weighted by molar-refractivity contribution is -0.394. The van der Waals surface area contributed by atoms with Gasteiger partial charge in [0.25, 0.3) is 17.3 Å². The Balaban J connectivity index is 2.20. The molecule has 9 nitrogen and oxygen atoms in total. The first-order valence-electron chi connectivity index (χ1n) is 8.84. The number of fused-ring (bicyclic) bond motifs is 1. The van der Waals surface area contributed by atoms with Crippen molar-refractivity contribution >= 4 is 38.8 Å². The molecule has 0 radical (unpaired) electrons. The summed E-state index contributed by atoms with van der Waals surface area (Å²) < 4.78 is 2.93. The summed E-state index contributed by atoms with van der Waals surface area (Å²) in [5, 5.41) is 22.1. The number of thiazole rings is 1. The van der Waals surface area contributed by atoms with Crippen LogP contribution >= 0.6 is 11.3 Å². The van der Waals surface area contributed by atoms with Crippen LogP contribution in [0.25, 0.3) is 10.2 Å². The highest BCUT2D eigenvalue weighted by Gasteiger charge is 2.20. The zero-order valence-electron chi connectivity index (χ0n) is 16.0. The summed E-state index contributed by atoms with van der Waals surface area (Å²) >= 11 is 1.35. The number of nitro groups is 2. The van der Waals surface area contributed by atoms with Crippen LogP contribution in [0.3, 0.4) is 0 Å². The van der Waals surface area contributed by atoms with E-state index in [1.165, 1.54) is 11.3 Å². The van der Waals surface area contributed by atoms with Crippen LogP contribution in [-0.2, 0) is 6.54 Å². The average Bonchev–Trinajstić information content (AvgIpc) is 2.99. The first kappa shape index (κ1) is 20.3. The number of nitrogens with zero attached hydrogens (tertiary/aromatic N) is 4.